The highest BCUT2D eigenvalue weighted by Gasteiger charge is 2.40. The second-order valence-corrected chi connectivity index (χ2v) is 9.38. The van der Waals surface area contributed by atoms with Gasteiger partial charge in [0.1, 0.15) is 0 Å². The summed E-state index contributed by atoms with van der Waals surface area (Å²) in [5.74, 6) is 0. The standard InChI is InChI=1S/C25H31N5S/c1-25(2,3)29-17-13-19(18-29)23-22(21-12-7-8-14-27-21)28-24(31)30(23)16-9-15-26-20-10-5-4-6-11-20/h4-8,10-14,17-18,22-23,26H,9,15-16H2,1-3H3,(H,28,31)/t22-,23-/m0/s1. The van der Waals surface area contributed by atoms with E-state index >= 15 is 0 Å². The quantitative estimate of drug-likeness (QED) is 0.400. The molecule has 0 spiro atoms. The lowest BCUT2D eigenvalue weighted by Crippen LogP contribution is -2.31. The maximum absolute atomic E-state index is 5.78. The number of anilines is 1. The zero-order chi connectivity index (χ0) is 21.8. The lowest BCUT2D eigenvalue weighted by molar-refractivity contribution is 0.314. The molecule has 2 aromatic heterocycles. The van der Waals surface area contributed by atoms with E-state index in [1.807, 2.05) is 24.4 Å². The molecule has 5 nitrogen and oxygen atoms in total. The number of pyridine rings is 1. The van der Waals surface area contributed by atoms with Gasteiger partial charge in [-0.3, -0.25) is 4.98 Å². The molecule has 0 aliphatic carbocycles. The second-order valence-electron chi connectivity index (χ2n) is 8.99. The van der Waals surface area contributed by atoms with Crippen molar-refractivity contribution >= 4 is 23.0 Å². The van der Waals surface area contributed by atoms with Crippen LogP contribution in [0, 0.1) is 0 Å². The molecule has 0 radical (unpaired) electrons. The predicted molar refractivity (Wildman–Crippen MR) is 131 cm³/mol. The van der Waals surface area contributed by atoms with E-state index in [0.29, 0.717) is 0 Å². The molecule has 1 aromatic carbocycles. The Morgan fingerprint density at radius 3 is 2.52 bits per heavy atom. The number of hydrogen-bond donors (Lipinski definition) is 2. The molecule has 2 atom stereocenters. The van der Waals surface area contributed by atoms with E-state index < -0.39 is 0 Å². The molecule has 0 amide bonds. The summed E-state index contributed by atoms with van der Waals surface area (Å²) in [5.41, 5.74) is 3.46. The Morgan fingerprint density at radius 1 is 1.06 bits per heavy atom. The average Bonchev–Trinajstić information content (AvgIpc) is 3.37. The van der Waals surface area contributed by atoms with Crippen molar-refractivity contribution in [2.45, 2.75) is 44.8 Å². The Hall–Kier alpha value is -2.86. The summed E-state index contributed by atoms with van der Waals surface area (Å²) >= 11 is 5.78. The molecular formula is C25H31N5S. The van der Waals surface area contributed by atoms with Crippen LogP contribution in [0.25, 0.3) is 0 Å². The average molecular weight is 434 g/mol. The molecule has 31 heavy (non-hydrogen) atoms. The van der Waals surface area contributed by atoms with E-state index in [4.69, 9.17) is 12.2 Å². The summed E-state index contributed by atoms with van der Waals surface area (Å²) in [6, 6.07) is 18.8. The van der Waals surface area contributed by atoms with Crippen LogP contribution in [-0.2, 0) is 5.54 Å². The zero-order valence-electron chi connectivity index (χ0n) is 18.5. The molecule has 0 bridgehead atoms. The summed E-state index contributed by atoms with van der Waals surface area (Å²) in [5, 5.41) is 7.83. The number of nitrogens with zero attached hydrogens (tertiary/aromatic N) is 3. The SMILES string of the molecule is CC(C)(C)n1ccc([C@H]2[C@H](c3ccccn3)NC(=S)N2CCCNc2ccccc2)c1. The van der Waals surface area contributed by atoms with Gasteiger partial charge in [-0.05, 0) is 75.3 Å². The van der Waals surface area contributed by atoms with Crippen LogP contribution < -0.4 is 10.6 Å². The van der Waals surface area contributed by atoms with Crippen LogP contribution in [0.15, 0.2) is 73.2 Å². The van der Waals surface area contributed by atoms with E-state index in [0.717, 1.165) is 36.0 Å². The molecule has 1 aliphatic heterocycles. The van der Waals surface area contributed by atoms with Crippen molar-refractivity contribution in [3.63, 3.8) is 0 Å². The fourth-order valence-electron chi connectivity index (χ4n) is 4.05. The van der Waals surface area contributed by atoms with Crippen molar-refractivity contribution in [2.24, 2.45) is 0 Å². The van der Waals surface area contributed by atoms with Gasteiger partial charge in [0.05, 0.1) is 17.8 Å². The third-order valence-electron chi connectivity index (χ3n) is 5.71. The minimum atomic E-state index is 0.0339. The molecule has 0 unspecified atom stereocenters. The minimum absolute atomic E-state index is 0.0339. The number of hydrogen-bond acceptors (Lipinski definition) is 3. The fraction of sp³-hybridized carbons (Fsp3) is 0.360. The maximum Gasteiger partial charge on any atom is 0.170 e. The molecule has 3 aromatic rings. The van der Waals surface area contributed by atoms with Crippen molar-refractivity contribution in [3.8, 4) is 0 Å². The van der Waals surface area contributed by atoms with Crippen LogP contribution in [0.3, 0.4) is 0 Å². The smallest absolute Gasteiger partial charge is 0.170 e. The molecule has 1 aliphatic rings. The van der Waals surface area contributed by atoms with Gasteiger partial charge in [-0.2, -0.15) is 0 Å². The molecular weight excluding hydrogens is 402 g/mol. The van der Waals surface area contributed by atoms with Crippen molar-refractivity contribution in [2.75, 3.05) is 18.4 Å². The number of aromatic nitrogens is 2. The van der Waals surface area contributed by atoms with Crippen molar-refractivity contribution in [3.05, 3.63) is 84.4 Å². The molecule has 0 saturated carbocycles. The fourth-order valence-corrected chi connectivity index (χ4v) is 4.38. The first-order valence-corrected chi connectivity index (χ1v) is 11.3. The van der Waals surface area contributed by atoms with Crippen molar-refractivity contribution < 1.29 is 0 Å². The predicted octanol–water partition coefficient (Wildman–Crippen LogP) is 5.11. The van der Waals surface area contributed by atoms with Crippen LogP contribution in [0.1, 0.15) is 50.5 Å². The molecule has 4 rings (SSSR count). The normalized spacial score (nSPS) is 18.8. The zero-order valence-corrected chi connectivity index (χ0v) is 19.3. The molecule has 2 N–H and O–H groups in total. The molecule has 6 heteroatoms. The Bertz CT molecular complexity index is 994. The van der Waals surface area contributed by atoms with Crippen LogP contribution in [0.5, 0.6) is 0 Å². The van der Waals surface area contributed by atoms with Crippen molar-refractivity contribution in [1.82, 2.24) is 19.8 Å². The monoisotopic (exact) mass is 433 g/mol. The summed E-state index contributed by atoms with van der Waals surface area (Å²) in [6.07, 6.45) is 7.26. The highest BCUT2D eigenvalue weighted by Crippen LogP contribution is 2.39. The van der Waals surface area contributed by atoms with Gasteiger partial charge in [-0.15, -0.1) is 0 Å². The summed E-state index contributed by atoms with van der Waals surface area (Å²) in [7, 11) is 0. The van der Waals surface area contributed by atoms with Gasteiger partial charge in [0.25, 0.3) is 0 Å². The van der Waals surface area contributed by atoms with Gasteiger partial charge in [0.15, 0.2) is 5.11 Å². The van der Waals surface area contributed by atoms with E-state index in [1.165, 1.54) is 5.56 Å². The van der Waals surface area contributed by atoms with E-state index in [-0.39, 0.29) is 17.6 Å². The van der Waals surface area contributed by atoms with Gasteiger partial charge in [0.2, 0.25) is 0 Å². The summed E-state index contributed by atoms with van der Waals surface area (Å²) in [4.78, 5) is 6.95. The third kappa shape index (κ3) is 4.90. The topological polar surface area (TPSA) is 45.1 Å². The lowest BCUT2D eigenvalue weighted by atomic mass is 9.99. The second kappa shape index (κ2) is 9.10. The number of thiocarbonyl (C=S) groups is 1. The number of para-hydroxylation sites is 1. The minimum Gasteiger partial charge on any atom is -0.385 e. The van der Waals surface area contributed by atoms with Crippen LogP contribution in [-0.4, -0.2) is 32.7 Å². The van der Waals surface area contributed by atoms with E-state index in [2.05, 4.69) is 94.6 Å². The molecule has 3 heterocycles. The molecule has 1 fully saturated rings. The van der Waals surface area contributed by atoms with E-state index in [1.54, 1.807) is 0 Å². The number of nitrogens with one attached hydrogen (secondary N) is 2. The summed E-state index contributed by atoms with van der Waals surface area (Å²) in [6.45, 7) is 8.43. The first-order chi connectivity index (χ1) is 14.9. The Kier molecular flexibility index (Phi) is 6.28. The van der Waals surface area contributed by atoms with Crippen LogP contribution in [0.4, 0.5) is 5.69 Å². The first-order valence-electron chi connectivity index (χ1n) is 10.9. The van der Waals surface area contributed by atoms with Gasteiger partial charge >= 0.3 is 0 Å². The van der Waals surface area contributed by atoms with Gasteiger partial charge in [-0.25, -0.2) is 0 Å². The largest absolute Gasteiger partial charge is 0.385 e. The van der Waals surface area contributed by atoms with Gasteiger partial charge in [-0.1, -0.05) is 24.3 Å². The number of rotatable bonds is 7. The van der Waals surface area contributed by atoms with Crippen LogP contribution >= 0.6 is 12.2 Å². The van der Waals surface area contributed by atoms with Gasteiger partial charge in [0, 0.05) is 42.9 Å². The van der Waals surface area contributed by atoms with Gasteiger partial charge < -0.3 is 20.1 Å². The lowest BCUT2D eigenvalue weighted by Gasteiger charge is -2.28. The Labute approximate surface area is 190 Å². The first kappa shape index (κ1) is 21.4. The van der Waals surface area contributed by atoms with Crippen LogP contribution in [0.2, 0.25) is 0 Å². The molecule has 1 saturated heterocycles. The third-order valence-corrected chi connectivity index (χ3v) is 6.06. The van der Waals surface area contributed by atoms with Crippen molar-refractivity contribution in [1.29, 1.82) is 0 Å². The number of benzene rings is 1. The highest BCUT2D eigenvalue weighted by molar-refractivity contribution is 7.80. The highest BCUT2D eigenvalue weighted by atomic mass is 32.1. The Balaban J connectivity index is 1.53. The Morgan fingerprint density at radius 2 is 1.84 bits per heavy atom. The summed E-state index contributed by atoms with van der Waals surface area (Å²) < 4.78 is 2.27. The van der Waals surface area contributed by atoms with E-state index in [9.17, 15) is 0 Å². The molecule has 162 valence electrons. The maximum atomic E-state index is 5.78.